The van der Waals surface area contributed by atoms with Crippen molar-refractivity contribution in [2.75, 3.05) is 39.3 Å². The highest BCUT2D eigenvalue weighted by molar-refractivity contribution is 5.85. The van der Waals surface area contributed by atoms with Gasteiger partial charge in [0.05, 0.1) is 17.3 Å². The SMILES string of the molecule is Cc1cc(C[C@@H](OC(=O)N2CCC(O)(c3cc4ccccc4[nH]c3=O)CC2)C(=O)N2CCC(N3CCCCC3)CC2)cc2cn[nH]c12. The molecule has 11 heteroatoms. The fourth-order valence-electron chi connectivity index (χ4n) is 7.78. The Morgan fingerprint density at radius 1 is 0.979 bits per heavy atom. The minimum absolute atomic E-state index is 0.170. The van der Waals surface area contributed by atoms with Crippen LogP contribution in [-0.4, -0.2) is 98.4 Å². The van der Waals surface area contributed by atoms with Crippen LogP contribution in [0.15, 0.2) is 53.5 Å². The van der Waals surface area contributed by atoms with E-state index in [1.807, 2.05) is 48.2 Å². The maximum atomic E-state index is 14.1. The van der Waals surface area contributed by atoms with E-state index < -0.39 is 17.8 Å². The zero-order chi connectivity index (χ0) is 32.5. The van der Waals surface area contributed by atoms with Crippen molar-refractivity contribution < 1.29 is 19.4 Å². The van der Waals surface area contributed by atoms with E-state index in [1.54, 1.807) is 12.3 Å². The summed E-state index contributed by atoms with van der Waals surface area (Å²) in [6.45, 7) is 5.95. The molecule has 11 nitrogen and oxygen atoms in total. The number of hydrogen-bond acceptors (Lipinski definition) is 7. The van der Waals surface area contributed by atoms with Gasteiger partial charge in [-0.2, -0.15) is 5.10 Å². The Bertz CT molecular complexity index is 1810. The lowest BCUT2D eigenvalue weighted by Gasteiger charge is -2.41. The Hall–Kier alpha value is -4.22. The van der Waals surface area contributed by atoms with Gasteiger partial charge in [-0.15, -0.1) is 0 Å². The average Bonchev–Trinajstić information content (AvgIpc) is 3.57. The van der Waals surface area contributed by atoms with Crippen molar-refractivity contribution in [3.8, 4) is 0 Å². The largest absolute Gasteiger partial charge is 0.436 e. The van der Waals surface area contributed by atoms with E-state index in [-0.39, 0.29) is 43.8 Å². The molecule has 2 aromatic heterocycles. The summed E-state index contributed by atoms with van der Waals surface area (Å²) in [5, 5.41) is 20.5. The van der Waals surface area contributed by atoms with Crippen LogP contribution in [0.5, 0.6) is 0 Å². The number of aryl methyl sites for hydroxylation is 1. The summed E-state index contributed by atoms with van der Waals surface area (Å²) in [6, 6.07) is 13.7. The van der Waals surface area contributed by atoms with Crippen LogP contribution >= 0.6 is 0 Å². The third kappa shape index (κ3) is 6.51. The van der Waals surface area contributed by atoms with Gasteiger partial charge in [-0.1, -0.05) is 30.7 Å². The fraction of sp³-hybridized carbons (Fsp3) is 0.500. The number of aromatic amines is 2. The Morgan fingerprint density at radius 3 is 2.49 bits per heavy atom. The molecule has 0 aliphatic carbocycles. The molecule has 3 fully saturated rings. The van der Waals surface area contributed by atoms with Crippen molar-refractivity contribution in [2.45, 2.75) is 76.0 Å². The molecule has 2 amide bonds. The number of benzene rings is 2. The summed E-state index contributed by atoms with van der Waals surface area (Å²) in [5.41, 5.74) is 2.15. The summed E-state index contributed by atoms with van der Waals surface area (Å²) in [4.78, 5) is 49.5. The molecule has 2 aromatic carbocycles. The predicted molar refractivity (Wildman–Crippen MR) is 179 cm³/mol. The van der Waals surface area contributed by atoms with Gasteiger partial charge in [0, 0.05) is 55.1 Å². The normalized spacial score (nSPS) is 20.0. The van der Waals surface area contributed by atoms with Crippen LogP contribution in [-0.2, 0) is 21.6 Å². The molecule has 3 aliphatic heterocycles. The molecule has 0 spiro atoms. The highest BCUT2D eigenvalue weighted by atomic mass is 16.6. The fourth-order valence-corrected chi connectivity index (χ4v) is 7.78. The van der Waals surface area contributed by atoms with Crippen LogP contribution in [0.1, 0.15) is 61.6 Å². The number of nitrogens with one attached hydrogen (secondary N) is 2. The van der Waals surface area contributed by atoms with Crippen molar-refractivity contribution >= 4 is 33.8 Å². The number of aliphatic hydroxyl groups is 1. The molecular formula is C36H44N6O5. The van der Waals surface area contributed by atoms with Gasteiger partial charge in [0.1, 0.15) is 0 Å². The smallest absolute Gasteiger partial charge is 0.410 e. The molecule has 1 atom stereocenters. The van der Waals surface area contributed by atoms with E-state index in [4.69, 9.17) is 4.74 Å². The monoisotopic (exact) mass is 640 g/mol. The van der Waals surface area contributed by atoms with Crippen LogP contribution in [0.3, 0.4) is 0 Å². The van der Waals surface area contributed by atoms with Gasteiger partial charge >= 0.3 is 6.09 Å². The van der Waals surface area contributed by atoms with Gasteiger partial charge in [0.25, 0.3) is 11.5 Å². The first-order valence-electron chi connectivity index (χ1n) is 17.0. The van der Waals surface area contributed by atoms with Gasteiger partial charge in [0.15, 0.2) is 6.10 Å². The number of rotatable bonds is 6. The van der Waals surface area contributed by atoms with Crippen LogP contribution in [0, 0.1) is 6.92 Å². The topological polar surface area (TPSA) is 135 Å². The lowest BCUT2D eigenvalue weighted by Crippen LogP contribution is -2.52. The van der Waals surface area contributed by atoms with Gasteiger partial charge in [0.2, 0.25) is 0 Å². The molecule has 5 heterocycles. The molecule has 3 N–H and O–H groups in total. The Morgan fingerprint density at radius 2 is 1.72 bits per heavy atom. The molecule has 0 bridgehead atoms. The average molecular weight is 641 g/mol. The highest BCUT2D eigenvalue weighted by Gasteiger charge is 2.40. The molecular weight excluding hydrogens is 596 g/mol. The Labute approximate surface area is 273 Å². The Kier molecular flexibility index (Phi) is 8.76. The second-order valence-electron chi connectivity index (χ2n) is 13.6. The number of H-pyrrole nitrogens is 2. The third-order valence-corrected chi connectivity index (χ3v) is 10.5. The van der Waals surface area contributed by atoms with Crippen LogP contribution in [0.4, 0.5) is 4.79 Å². The third-order valence-electron chi connectivity index (χ3n) is 10.5. The molecule has 0 radical (unpaired) electrons. The molecule has 248 valence electrons. The second-order valence-corrected chi connectivity index (χ2v) is 13.6. The molecule has 0 unspecified atom stereocenters. The van der Waals surface area contributed by atoms with Crippen LogP contribution in [0.25, 0.3) is 21.8 Å². The summed E-state index contributed by atoms with van der Waals surface area (Å²) < 4.78 is 6.05. The van der Waals surface area contributed by atoms with E-state index in [9.17, 15) is 19.5 Å². The Balaban J connectivity index is 1.05. The molecule has 3 saturated heterocycles. The number of amides is 2. The van der Waals surface area contributed by atoms with E-state index in [0.29, 0.717) is 30.2 Å². The first kappa shape index (κ1) is 31.4. The summed E-state index contributed by atoms with van der Waals surface area (Å²) >= 11 is 0. The van der Waals surface area contributed by atoms with Crippen molar-refractivity contribution in [1.29, 1.82) is 0 Å². The summed E-state index contributed by atoms with van der Waals surface area (Å²) in [7, 11) is 0. The van der Waals surface area contributed by atoms with Gasteiger partial charge in [-0.3, -0.25) is 14.7 Å². The number of hydrogen-bond donors (Lipinski definition) is 3. The number of carbonyl (C=O) groups excluding carboxylic acids is 2. The van der Waals surface area contributed by atoms with Crippen LogP contribution < -0.4 is 5.56 Å². The van der Waals surface area contributed by atoms with E-state index in [2.05, 4.69) is 20.1 Å². The number of nitrogens with zero attached hydrogens (tertiary/aromatic N) is 4. The second kappa shape index (κ2) is 13.1. The minimum atomic E-state index is -1.38. The number of fused-ring (bicyclic) bond motifs is 2. The van der Waals surface area contributed by atoms with Crippen molar-refractivity contribution in [3.63, 3.8) is 0 Å². The lowest BCUT2D eigenvalue weighted by atomic mass is 9.84. The zero-order valence-corrected chi connectivity index (χ0v) is 27.0. The number of carbonyl (C=O) groups is 2. The first-order valence-corrected chi connectivity index (χ1v) is 17.0. The van der Waals surface area contributed by atoms with Crippen molar-refractivity contribution in [2.24, 2.45) is 0 Å². The highest BCUT2D eigenvalue weighted by Crippen LogP contribution is 2.33. The summed E-state index contributed by atoms with van der Waals surface area (Å²) in [5.74, 6) is -0.170. The number of aromatic nitrogens is 3. The molecule has 4 aromatic rings. The molecule has 0 saturated carbocycles. The number of likely N-dealkylation sites (tertiary alicyclic amines) is 3. The maximum absolute atomic E-state index is 14.1. The molecule has 47 heavy (non-hydrogen) atoms. The van der Waals surface area contributed by atoms with E-state index >= 15 is 0 Å². The van der Waals surface area contributed by atoms with Crippen molar-refractivity contribution in [3.05, 3.63) is 75.7 Å². The lowest BCUT2D eigenvalue weighted by molar-refractivity contribution is -0.142. The summed E-state index contributed by atoms with van der Waals surface area (Å²) in [6.07, 6.45) is 6.43. The molecule has 7 rings (SSSR count). The van der Waals surface area contributed by atoms with Gasteiger partial charge in [-0.05, 0) is 93.3 Å². The number of para-hydroxylation sites is 1. The van der Waals surface area contributed by atoms with E-state index in [0.717, 1.165) is 53.3 Å². The predicted octanol–water partition coefficient (Wildman–Crippen LogP) is 4.22. The minimum Gasteiger partial charge on any atom is -0.436 e. The van der Waals surface area contributed by atoms with Crippen molar-refractivity contribution in [1.82, 2.24) is 29.9 Å². The van der Waals surface area contributed by atoms with Gasteiger partial charge < -0.3 is 29.5 Å². The number of piperidine rings is 3. The quantitative estimate of drug-likeness (QED) is 0.287. The van der Waals surface area contributed by atoms with E-state index in [1.165, 1.54) is 24.2 Å². The number of pyridine rings is 1. The first-order chi connectivity index (χ1) is 22.8. The van der Waals surface area contributed by atoms with Crippen LogP contribution in [0.2, 0.25) is 0 Å². The maximum Gasteiger partial charge on any atom is 0.410 e. The molecule has 3 aliphatic rings. The number of ether oxygens (including phenoxy) is 1. The standard InChI is InChI=1S/C36H44N6O5/c1-24-19-25(20-27-23-37-39-32(24)27)21-31(34(44)41-15-9-28(10-16-41)40-13-5-2-6-14-40)47-35(45)42-17-11-36(46,12-18-42)29-22-26-7-3-4-8-30(26)38-33(29)43/h3-4,7-8,19-20,22-23,28,31,46H,2,5-6,9-18,21H2,1H3,(H,37,39)(H,38,43)/t31-/m1/s1. The van der Waals surface area contributed by atoms with Gasteiger partial charge in [-0.25, -0.2) is 4.79 Å². The zero-order valence-electron chi connectivity index (χ0n) is 27.0.